The van der Waals surface area contributed by atoms with E-state index in [2.05, 4.69) is 15.2 Å². The summed E-state index contributed by atoms with van der Waals surface area (Å²) in [7, 11) is 0. The summed E-state index contributed by atoms with van der Waals surface area (Å²) in [4.78, 5) is 36.7. The van der Waals surface area contributed by atoms with Crippen molar-refractivity contribution in [3.63, 3.8) is 0 Å². The molecule has 3 aliphatic heterocycles. The van der Waals surface area contributed by atoms with Gasteiger partial charge in [0.1, 0.15) is 0 Å². The molecule has 0 radical (unpaired) electrons. The van der Waals surface area contributed by atoms with E-state index >= 15 is 0 Å². The van der Waals surface area contributed by atoms with Crippen molar-refractivity contribution in [1.82, 2.24) is 14.8 Å². The number of nitrogens with zero attached hydrogens (tertiary/aromatic N) is 4. The molecule has 162 valence electrons. The maximum Gasteiger partial charge on any atom is 0.255 e. The van der Waals surface area contributed by atoms with Crippen LogP contribution in [-0.4, -0.2) is 65.4 Å². The predicted molar refractivity (Wildman–Crippen MR) is 120 cm³/mol. The van der Waals surface area contributed by atoms with Gasteiger partial charge >= 0.3 is 0 Å². The van der Waals surface area contributed by atoms with Crippen LogP contribution in [-0.2, 0) is 11.3 Å². The Morgan fingerprint density at radius 2 is 1.97 bits per heavy atom. The number of anilines is 2. The Hall–Kier alpha value is -2.64. The van der Waals surface area contributed by atoms with E-state index in [-0.39, 0.29) is 18.4 Å². The standard InChI is InChI=1S/C23H26ClN5O2/c24-18-6-4-16(5-7-18)14-29-20-11-17(12-25-22(20)26-13-21(29)30)23(31)28-10-2-9-27-8-1-3-19(27)15-28/h4-7,11-12,19H,1-3,8-10,13-15H2,(H,25,26)/t19-/m0/s1. The number of rotatable bonds is 3. The number of hydrogen-bond acceptors (Lipinski definition) is 5. The Bertz CT molecular complexity index is 996. The second-order valence-electron chi connectivity index (χ2n) is 8.49. The number of hydrogen-bond donors (Lipinski definition) is 1. The highest BCUT2D eigenvalue weighted by Crippen LogP contribution is 2.31. The summed E-state index contributed by atoms with van der Waals surface area (Å²) in [6.45, 7) is 4.32. The maximum atomic E-state index is 13.3. The number of halogens is 1. The van der Waals surface area contributed by atoms with Crippen molar-refractivity contribution in [2.24, 2.45) is 0 Å². The van der Waals surface area contributed by atoms with Gasteiger partial charge in [-0.1, -0.05) is 23.7 Å². The van der Waals surface area contributed by atoms with Crippen LogP contribution in [0.2, 0.25) is 5.02 Å². The zero-order valence-electron chi connectivity index (χ0n) is 17.4. The first-order chi connectivity index (χ1) is 15.1. The van der Waals surface area contributed by atoms with Crippen molar-refractivity contribution in [2.75, 3.05) is 42.9 Å². The highest BCUT2D eigenvalue weighted by atomic mass is 35.5. The van der Waals surface area contributed by atoms with E-state index in [0.29, 0.717) is 34.7 Å². The van der Waals surface area contributed by atoms with Crippen molar-refractivity contribution in [2.45, 2.75) is 31.8 Å². The van der Waals surface area contributed by atoms with Gasteiger partial charge in [-0.05, 0) is 49.6 Å². The van der Waals surface area contributed by atoms with E-state index in [1.165, 1.54) is 6.42 Å². The number of aromatic nitrogens is 1. The Morgan fingerprint density at radius 3 is 2.81 bits per heavy atom. The zero-order valence-corrected chi connectivity index (χ0v) is 18.1. The first-order valence-electron chi connectivity index (χ1n) is 10.9. The van der Waals surface area contributed by atoms with Gasteiger partial charge in [0.2, 0.25) is 5.91 Å². The van der Waals surface area contributed by atoms with Gasteiger partial charge in [-0.25, -0.2) is 4.98 Å². The highest BCUT2D eigenvalue weighted by Gasteiger charge is 2.32. The van der Waals surface area contributed by atoms with Crippen LogP contribution in [0.3, 0.4) is 0 Å². The number of nitrogens with one attached hydrogen (secondary N) is 1. The molecule has 3 aliphatic rings. The molecule has 7 nitrogen and oxygen atoms in total. The first kappa shape index (κ1) is 20.3. The van der Waals surface area contributed by atoms with Gasteiger partial charge in [-0.3, -0.25) is 14.5 Å². The minimum absolute atomic E-state index is 0.00600. The molecule has 1 atom stereocenters. The van der Waals surface area contributed by atoms with Crippen LogP contribution in [0.4, 0.5) is 11.5 Å². The summed E-state index contributed by atoms with van der Waals surface area (Å²) < 4.78 is 0. The van der Waals surface area contributed by atoms with E-state index in [4.69, 9.17) is 11.6 Å². The van der Waals surface area contributed by atoms with Crippen LogP contribution >= 0.6 is 11.6 Å². The molecule has 0 unspecified atom stereocenters. The van der Waals surface area contributed by atoms with E-state index in [0.717, 1.165) is 44.6 Å². The van der Waals surface area contributed by atoms with Gasteiger partial charge in [0.15, 0.2) is 5.82 Å². The molecule has 31 heavy (non-hydrogen) atoms. The van der Waals surface area contributed by atoms with Gasteiger partial charge in [0.05, 0.1) is 24.3 Å². The summed E-state index contributed by atoms with van der Waals surface area (Å²) in [5, 5.41) is 3.72. The summed E-state index contributed by atoms with van der Waals surface area (Å²) in [5.41, 5.74) is 2.15. The second kappa shape index (κ2) is 8.48. The Labute approximate surface area is 187 Å². The number of amides is 2. The summed E-state index contributed by atoms with van der Waals surface area (Å²) >= 11 is 5.99. The van der Waals surface area contributed by atoms with E-state index in [1.54, 1.807) is 11.1 Å². The van der Waals surface area contributed by atoms with Crippen LogP contribution < -0.4 is 10.2 Å². The fourth-order valence-corrected chi connectivity index (χ4v) is 4.95. The van der Waals surface area contributed by atoms with Gasteiger partial charge in [-0.2, -0.15) is 0 Å². The second-order valence-corrected chi connectivity index (χ2v) is 8.92. The molecule has 0 spiro atoms. The number of carbonyl (C=O) groups excluding carboxylic acids is 2. The fourth-order valence-electron chi connectivity index (χ4n) is 4.82. The molecule has 1 aromatic heterocycles. The molecule has 1 aromatic carbocycles. The average Bonchev–Trinajstić information content (AvgIpc) is 3.13. The third-order valence-electron chi connectivity index (χ3n) is 6.46. The number of pyridine rings is 1. The molecule has 0 aliphatic carbocycles. The predicted octanol–water partition coefficient (Wildman–Crippen LogP) is 3.00. The van der Waals surface area contributed by atoms with Gasteiger partial charge in [-0.15, -0.1) is 0 Å². The fraction of sp³-hybridized carbons (Fsp3) is 0.435. The molecule has 8 heteroatoms. The number of benzene rings is 1. The van der Waals surface area contributed by atoms with Crippen molar-refractivity contribution >= 4 is 34.9 Å². The van der Waals surface area contributed by atoms with E-state index < -0.39 is 0 Å². The van der Waals surface area contributed by atoms with Crippen LogP contribution in [0.5, 0.6) is 0 Å². The quantitative estimate of drug-likeness (QED) is 0.796. The molecule has 5 rings (SSSR count). The molecule has 2 amide bonds. The third kappa shape index (κ3) is 4.12. The molecular weight excluding hydrogens is 414 g/mol. The lowest BCUT2D eigenvalue weighted by Crippen LogP contribution is -2.41. The third-order valence-corrected chi connectivity index (χ3v) is 6.71. The smallest absolute Gasteiger partial charge is 0.255 e. The Morgan fingerprint density at radius 1 is 1.16 bits per heavy atom. The molecule has 2 fully saturated rings. The highest BCUT2D eigenvalue weighted by molar-refractivity contribution is 6.30. The number of fused-ring (bicyclic) bond motifs is 2. The topological polar surface area (TPSA) is 68.8 Å². The van der Waals surface area contributed by atoms with Gasteiger partial charge < -0.3 is 15.1 Å². The normalized spacial score (nSPS) is 21.3. The van der Waals surface area contributed by atoms with Crippen molar-refractivity contribution in [3.05, 3.63) is 52.7 Å². The minimum atomic E-state index is -0.0507. The molecular formula is C23H26ClN5O2. The molecule has 2 saturated heterocycles. The zero-order chi connectivity index (χ0) is 21.4. The average molecular weight is 440 g/mol. The van der Waals surface area contributed by atoms with Crippen LogP contribution in [0.25, 0.3) is 0 Å². The van der Waals surface area contributed by atoms with Gasteiger partial charge in [0, 0.05) is 36.9 Å². The maximum absolute atomic E-state index is 13.3. The monoisotopic (exact) mass is 439 g/mol. The summed E-state index contributed by atoms with van der Waals surface area (Å²) in [6.07, 6.45) is 4.98. The Kier molecular flexibility index (Phi) is 5.54. The lowest BCUT2D eigenvalue weighted by Gasteiger charge is -2.30. The molecule has 1 N–H and O–H groups in total. The van der Waals surface area contributed by atoms with Crippen LogP contribution in [0.1, 0.15) is 35.2 Å². The molecule has 2 aromatic rings. The summed E-state index contributed by atoms with van der Waals surface area (Å²) in [5.74, 6) is 0.571. The SMILES string of the molecule is O=C(c1cnc2c(c1)N(Cc1ccc(Cl)cc1)C(=O)CN2)N1CCCN2CCC[C@H]2C1. The van der Waals surface area contributed by atoms with Crippen LogP contribution in [0.15, 0.2) is 36.5 Å². The van der Waals surface area contributed by atoms with E-state index in [9.17, 15) is 9.59 Å². The largest absolute Gasteiger partial charge is 0.359 e. The summed E-state index contributed by atoms with van der Waals surface area (Å²) in [6, 6.07) is 9.71. The van der Waals surface area contributed by atoms with Crippen molar-refractivity contribution in [3.8, 4) is 0 Å². The lowest BCUT2D eigenvalue weighted by molar-refractivity contribution is -0.117. The molecule has 0 saturated carbocycles. The van der Waals surface area contributed by atoms with Crippen molar-refractivity contribution < 1.29 is 9.59 Å². The first-order valence-corrected chi connectivity index (χ1v) is 11.3. The molecule has 0 bridgehead atoms. The van der Waals surface area contributed by atoms with Crippen LogP contribution in [0, 0.1) is 0 Å². The lowest BCUT2D eigenvalue weighted by atomic mass is 10.1. The number of carbonyl (C=O) groups is 2. The van der Waals surface area contributed by atoms with Gasteiger partial charge in [0.25, 0.3) is 5.91 Å². The minimum Gasteiger partial charge on any atom is -0.359 e. The van der Waals surface area contributed by atoms with Crippen molar-refractivity contribution in [1.29, 1.82) is 0 Å². The van der Waals surface area contributed by atoms with E-state index in [1.807, 2.05) is 35.2 Å². The molecule has 4 heterocycles. The Balaban J connectivity index is 1.40.